The van der Waals surface area contributed by atoms with Crippen molar-refractivity contribution in [2.45, 2.75) is 0 Å². The molecular formula is C47H28N2O2S. The number of fused-ring (bicyclic) bond motifs is 9. The highest BCUT2D eigenvalue weighted by molar-refractivity contribution is 7.25. The Kier molecular flexibility index (Phi) is 6.39. The van der Waals surface area contributed by atoms with Crippen LogP contribution in [-0.2, 0) is 0 Å². The van der Waals surface area contributed by atoms with E-state index in [-0.39, 0.29) is 0 Å². The Morgan fingerprint density at radius 2 is 1.13 bits per heavy atom. The summed E-state index contributed by atoms with van der Waals surface area (Å²) in [5.74, 6) is 0.601. The molecular weight excluding hydrogens is 657 g/mol. The fraction of sp³-hybridized carbons (Fsp3) is 0. The van der Waals surface area contributed by atoms with Gasteiger partial charge in [0.15, 0.2) is 5.58 Å². The number of rotatable bonds is 5. The van der Waals surface area contributed by atoms with Crippen molar-refractivity contribution in [2.24, 2.45) is 0 Å². The quantitative estimate of drug-likeness (QED) is 0.181. The first-order valence-corrected chi connectivity index (χ1v) is 18.2. The molecule has 0 aliphatic carbocycles. The molecule has 0 aliphatic rings. The lowest BCUT2D eigenvalue weighted by Crippen LogP contribution is -2.09. The van der Waals surface area contributed by atoms with Gasteiger partial charge in [-0.1, -0.05) is 97.1 Å². The zero-order valence-corrected chi connectivity index (χ0v) is 28.6. The lowest BCUT2D eigenvalue weighted by molar-refractivity contribution is 0.619. The Balaban J connectivity index is 1.07. The minimum Gasteiger partial charge on any atom is -0.456 e. The van der Waals surface area contributed by atoms with Crippen LogP contribution in [0.15, 0.2) is 179 Å². The average Bonchev–Trinajstić information content (AvgIpc) is 3.91. The fourth-order valence-corrected chi connectivity index (χ4v) is 8.79. The van der Waals surface area contributed by atoms with Gasteiger partial charge < -0.3 is 13.7 Å². The highest BCUT2D eigenvalue weighted by Gasteiger charge is 2.20. The molecule has 0 unspecified atom stereocenters. The summed E-state index contributed by atoms with van der Waals surface area (Å²) in [5, 5.41) is 7.01. The third kappa shape index (κ3) is 4.57. The number of hydrogen-bond donors (Lipinski definition) is 0. The van der Waals surface area contributed by atoms with Crippen LogP contribution in [-0.4, -0.2) is 4.98 Å². The predicted molar refractivity (Wildman–Crippen MR) is 217 cm³/mol. The average molecular weight is 685 g/mol. The van der Waals surface area contributed by atoms with Crippen LogP contribution < -0.4 is 4.90 Å². The summed E-state index contributed by atoms with van der Waals surface area (Å²) in [6, 6.07) is 59.8. The topological polar surface area (TPSA) is 42.4 Å². The first-order chi connectivity index (χ1) is 25.7. The molecule has 0 saturated heterocycles. The van der Waals surface area contributed by atoms with Crippen molar-refractivity contribution in [1.82, 2.24) is 4.98 Å². The minimum atomic E-state index is 0.601. The summed E-state index contributed by atoms with van der Waals surface area (Å²) in [6.45, 7) is 0. The summed E-state index contributed by atoms with van der Waals surface area (Å²) in [4.78, 5) is 7.27. The lowest BCUT2D eigenvalue weighted by Gasteiger charge is -2.26. The van der Waals surface area contributed by atoms with Crippen molar-refractivity contribution in [2.75, 3.05) is 4.90 Å². The standard InChI is InChI=1S/C47H28N2O2S/c1-2-10-31(11-3-1)47-48-46-41(51-47)26-25-40-45(46)39-24-22-33(27-42(39)50-40)49(34-21-23-38-37-14-6-7-16-43(37)52-44(38)28-34)32-19-17-30(18-20-32)36-15-8-12-29-9-4-5-13-35(29)36/h1-28H. The molecule has 4 nitrogen and oxygen atoms in total. The van der Waals surface area contributed by atoms with E-state index in [2.05, 4.69) is 132 Å². The number of aromatic nitrogens is 1. The predicted octanol–water partition coefficient (Wildman–Crippen LogP) is 14.1. The Morgan fingerprint density at radius 1 is 0.442 bits per heavy atom. The van der Waals surface area contributed by atoms with E-state index in [1.54, 1.807) is 0 Å². The molecule has 52 heavy (non-hydrogen) atoms. The first kappa shape index (κ1) is 29.1. The van der Waals surface area contributed by atoms with Crippen molar-refractivity contribution in [1.29, 1.82) is 0 Å². The number of nitrogens with zero attached hydrogens (tertiary/aromatic N) is 2. The first-order valence-electron chi connectivity index (χ1n) is 17.4. The van der Waals surface area contributed by atoms with E-state index < -0.39 is 0 Å². The summed E-state index contributed by atoms with van der Waals surface area (Å²) in [6.07, 6.45) is 0. The maximum absolute atomic E-state index is 6.56. The van der Waals surface area contributed by atoms with Gasteiger partial charge in [0.1, 0.15) is 16.7 Å². The third-order valence-electron chi connectivity index (χ3n) is 10.1. The van der Waals surface area contributed by atoms with Crippen molar-refractivity contribution in [3.05, 3.63) is 170 Å². The summed E-state index contributed by atoms with van der Waals surface area (Å²) in [5.41, 5.74) is 9.62. The molecule has 0 atom stereocenters. The Morgan fingerprint density at radius 3 is 2.02 bits per heavy atom. The third-order valence-corrected chi connectivity index (χ3v) is 11.2. The molecule has 3 aromatic heterocycles. The van der Waals surface area contributed by atoms with E-state index in [0.29, 0.717) is 5.89 Å². The smallest absolute Gasteiger partial charge is 0.227 e. The monoisotopic (exact) mass is 684 g/mol. The second-order valence-corrected chi connectivity index (χ2v) is 14.2. The van der Waals surface area contributed by atoms with Crippen molar-refractivity contribution in [3.63, 3.8) is 0 Å². The van der Waals surface area contributed by atoms with Crippen LogP contribution in [0.4, 0.5) is 17.1 Å². The van der Waals surface area contributed by atoms with Crippen LogP contribution in [0.25, 0.3) is 86.6 Å². The molecule has 0 saturated carbocycles. The molecule has 0 spiro atoms. The summed E-state index contributed by atoms with van der Waals surface area (Å²) < 4.78 is 15.3. The second-order valence-electron chi connectivity index (χ2n) is 13.1. The molecule has 0 radical (unpaired) electrons. The van der Waals surface area contributed by atoms with Gasteiger partial charge in [0.05, 0.1) is 5.39 Å². The molecule has 11 rings (SSSR count). The summed E-state index contributed by atoms with van der Waals surface area (Å²) >= 11 is 1.83. The van der Waals surface area contributed by atoms with Gasteiger partial charge >= 0.3 is 0 Å². The Hall–Kier alpha value is -6.69. The maximum Gasteiger partial charge on any atom is 0.227 e. The molecule has 5 heteroatoms. The highest BCUT2D eigenvalue weighted by atomic mass is 32.1. The van der Waals surface area contributed by atoms with E-state index in [9.17, 15) is 0 Å². The molecule has 244 valence electrons. The highest BCUT2D eigenvalue weighted by Crippen LogP contribution is 2.44. The lowest BCUT2D eigenvalue weighted by atomic mass is 9.98. The van der Waals surface area contributed by atoms with Crippen LogP contribution in [0.3, 0.4) is 0 Å². The molecule has 0 aliphatic heterocycles. The number of furan rings is 1. The van der Waals surface area contributed by atoms with Crippen LogP contribution in [0.2, 0.25) is 0 Å². The number of hydrogen-bond acceptors (Lipinski definition) is 5. The van der Waals surface area contributed by atoms with Crippen LogP contribution in [0.1, 0.15) is 0 Å². The zero-order valence-electron chi connectivity index (χ0n) is 27.8. The van der Waals surface area contributed by atoms with Crippen molar-refractivity contribution < 1.29 is 8.83 Å². The molecule has 3 heterocycles. The van der Waals surface area contributed by atoms with Crippen LogP contribution in [0, 0.1) is 0 Å². The Labute approximate surface area is 302 Å². The Bertz CT molecular complexity index is 3130. The number of thiophene rings is 1. The van der Waals surface area contributed by atoms with Gasteiger partial charge in [-0.05, 0) is 88.6 Å². The van der Waals surface area contributed by atoms with Crippen LogP contribution in [0.5, 0.6) is 0 Å². The molecule has 0 bridgehead atoms. The van der Waals surface area contributed by atoms with E-state index in [0.717, 1.165) is 55.7 Å². The molecule has 0 N–H and O–H groups in total. The molecule has 11 aromatic rings. The normalized spacial score (nSPS) is 11.8. The van der Waals surface area contributed by atoms with Crippen molar-refractivity contribution in [3.8, 4) is 22.6 Å². The summed E-state index contributed by atoms with van der Waals surface area (Å²) in [7, 11) is 0. The van der Waals surface area contributed by atoms with Gasteiger partial charge in [-0.15, -0.1) is 11.3 Å². The number of benzene rings is 8. The van der Waals surface area contributed by atoms with Gasteiger partial charge in [-0.3, -0.25) is 0 Å². The van der Waals surface area contributed by atoms with Gasteiger partial charge in [-0.2, -0.15) is 0 Å². The number of anilines is 3. The van der Waals surface area contributed by atoms with E-state index in [1.807, 2.05) is 53.8 Å². The van der Waals surface area contributed by atoms with Gasteiger partial charge in [-0.25, -0.2) is 4.98 Å². The van der Waals surface area contributed by atoms with Gasteiger partial charge in [0, 0.05) is 54.3 Å². The fourth-order valence-electron chi connectivity index (χ4n) is 7.65. The minimum absolute atomic E-state index is 0.601. The van der Waals surface area contributed by atoms with Crippen LogP contribution >= 0.6 is 11.3 Å². The van der Waals surface area contributed by atoms with E-state index in [1.165, 1.54) is 42.1 Å². The SMILES string of the molecule is c1ccc(-c2nc3c(ccc4oc5cc(N(c6ccc(-c7cccc8ccccc78)cc6)c6ccc7c(c6)sc6ccccc67)ccc5c43)o2)cc1. The number of oxazole rings is 1. The van der Waals surface area contributed by atoms with E-state index >= 15 is 0 Å². The molecule has 0 amide bonds. The van der Waals surface area contributed by atoms with Gasteiger partial charge in [0.2, 0.25) is 5.89 Å². The second kappa shape index (κ2) is 11.4. The van der Waals surface area contributed by atoms with Crippen molar-refractivity contribution >= 4 is 92.4 Å². The molecule has 8 aromatic carbocycles. The maximum atomic E-state index is 6.56. The van der Waals surface area contributed by atoms with E-state index in [4.69, 9.17) is 13.8 Å². The van der Waals surface area contributed by atoms with Gasteiger partial charge in [0.25, 0.3) is 0 Å². The molecule has 0 fully saturated rings. The zero-order chi connectivity index (χ0) is 34.2. The largest absolute Gasteiger partial charge is 0.456 e.